The molecular formula is C6H13N3Si. The Morgan fingerprint density at radius 3 is 2.50 bits per heavy atom. The molecule has 0 radical (unpaired) electrons. The summed E-state index contributed by atoms with van der Waals surface area (Å²) in [7, 11) is -1.00. The van der Waals surface area contributed by atoms with Gasteiger partial charge in [0.1, 0.15) is 0 Å². The maximum Gasteiger partial charge on any atom is 0.0694 e. The van der Waals surface area contributed by atoms with E-state index in [4.69, 9.17) is 0 Å². The molecule has 0 aliphatic heterocycles. The van der Waals surface area contributed by atoms with E-state index in [1.165, 1.54) is 0 Å². The fraction of sp³-hybridized carbons (Fsp3) is 0.667. The summed E-state index contributed by atoms with van der Waals surface area (Å²) in [5, 5.41) is 7.64. The van der Waals surface area contributed by atoms with Gasteiger partial charge in [-0.15, -0.1) is 5.10 Å². The first-order valence-corrected chi connectivity index (χ1v) is 7.13. The minimum absolute atomic E-state index is 1.00. The third-order valence-electron chi connectivity index (χ3n) is 1.11. The standard InChI is InChI=1S/C6H13N3Si/c1-10(2,3)6-9-5-4-7-8-9/h4-5H,6H2,1-3H3. The van der Waals surface area contributed by atoms with E-state index >= 15 is 0 Å². The first-order valence-electron chi connectivity index (χ1n) is 3.42. The van der Waals surface area contributed by atoms with Crippen LogP contribution in [0.25, 0.3) is 0 Å². The van der Waals surface area contributed by atoms with Gasteiger partial charge in [0, 0.05) is 12.4 Å². The van der Waals surface area contributed by atoms with Crippen LogP contribution in [-0.2, 0) is 6.17 Å². The predicted molar refractivity (Wildman–Crippen MR) is 43.4 cm³/mol. The van der Waals surface area contributed by atoms with Crippen LogP contribution in [0, 0.1) is 0 Å². The normalized spacial score (nSPS) is 11.9. The van der Waals surface area contributed by atoms with Gasteiger partial charge in [-0.25, -0.2) is 0 Å². The molecule has 0 atom stereocenters. The number of hydrogen-bond donors (Lipinski definition) is 0. The van der Waals surface area contributed by atoms with Gasteiger partial charge in [0.25, 0.3) is 0 Å². The van der Waals surface area contributed by atoms with Gasteiger partial charge in [0.2, 0.25) is 0 Å². The van der Waals surface area contributed by atoms with Crippen LogP contribution in [0.3, 0.4) is 0 Å². The quantitative estimate of drug-likeness (QED) is 0.600. The Kier molecular flexibility index (Phi) is 1.89. The molecule has 1 aromatic heterocycles. The molecule has 3 nitrogen and oxygen atoms in total. The molecule has 1 heterocycles. The van der Waals surface area contributed by atoms with Crippen molar-refractivity contribution in [2.24, 2.45) is 0 Å². The molecule has 0 aliphatic rings. The van der Waals surface area contributed by atoms with Crippen molar-refractivity contribution in [1.82, 2.24) is 15.0 Å². The molecule has 56 valence electrons. The highest BCUT2D eigenvalue weighted by atomic mass is 28.3. The fourth-order valence-electron chi connectivity index (χ4n) is 0.803. The van der Waals surface area contributed by atoms with Crippen LogP contribution in [-0.4, -0.2) is 23.1 Å². The Labute approximate surface area is 62.1 Å². The van der Waals surface area contributed by atoms with E-state index < -0.39 is 8.07 Å². The van der Waals surface area contributed by atoms with Gasteiger partial charge < -0.3 is 0 Å². The monoisotopic (exact) mass is 155 g/mol. The lowest BCUT2D eigenvalue weighted by molar-refractivity contribution is 0.681. The van der Waals surface area contributed by atoms with E-state index in [9.17, 15) is 0 Å². The lowest BCUT2D eigenvalue weighted by atomic mass is 10.9. The summed E-state index contributed by atoms with van der Waals surface area (Å²) < 4.78 is 1.91. The third kappa shape index (κ3) is 2.30. The second-order valence-corrected chi connectivity index (χ2v) is 9.10. The summed E-state index contributed by atoms with van der Waals surface area (Å²) in [6.07, 6.45) is 4.70. The van der Waals surface area contributed by atoms with Crippen molar-refractivity contribution in [3.8, 4) is 0 Å². The molecule has 0 saturated heterocycles. The highest BCUT2D eigenvalue weighted by Gasteiger charge is 2.13. The number of nitrogens with zero attached hydrogens (tertiary/aromatic N) is 3. The third-order valence-corrected chi connectivity index (χ3v) is 2.38. The van der Waals surface area contributed by atoms with Gasteiger partial charge in [-0.2, -0.15) is 0 Å². The minimum Gasteiger partial charge on any atom is -0.256 e. The van der Waals surface area contributed by atoms with Gasteiger partial charge >= 0.3 is 0 Å². The van der Waals surface area contributed by atoms with Crippen LogP contribution in [0.15, 0.2) is 12.4 Å². The Morgan fingerprint density at radius 1 is 1.40 bits per heavy atom. The average Bonchev–Trinajstić information content (AvgIpc) is 2.12. The van der Waals surface area contributed by atoms with Crippen molar-refractivity contribution in [3.05, 3.63) is 12.4 Å². The van der Waals surface area contributed by atoms with Gasteiger partial charge in [-0.3, -0.25) is 4.68 Å². The maximum atomic E-state index is 3.90. The second-order valence-electron chi connectivity index (χ2n) is 3.66. The summed E-state index contributed by atoms with van der Waals surface area (Å²) in [5.74, 6) is 0. The number of rotatable bonds is 2. The Morgan fingerprint density at radius 2 is 2.10 bits per heavy atom. The fourth-order valence-corrected chi connectivity index (χ4v) is 1.94. The molecule has 0 aliphatic carbocycles. The summed E-state index contributed by atoms with van der Waals surface area (Å²) >= 11 is 0. The zero-order valence-corrected chi connectivity index (χ0v) is 7.70. The highest BCUT2D eigenvalue weighted by molar-refractivity contribution is 6.74. The SMILES string of the molecule is C[Si](C)(C)Cn1ccnn1. The molecule has 1 rings (SSSR count). The van der Waals surface area contributed by atoms with Crippen molar-refractivity contribution in [2.75, 3.05) is 0 Å². The van der Waals surface area contributed by atoms with Crippen LogP contribution in [0.2, 0.25) is 19.6 Å². The van der Waals surface area contributed by atoms with Crippen molar-refractivity contribution in [1.29, 1.82) is 0 Å². The van der Waals surface area contributed by atoms with Gasteiger partial charge in [0.05, 0.1) is 14.3 Å². The van der Waals surface area contributed by atoms with E-state index in [1.54, 1.807) is 6.20 Å². The lowest BCUT2D eigenvalue weighted by Gasteiger charge is -2.14. The predicted octanol–water partition coefficient (Wildman–Crippen LogP) is 1.16. The van der Waals surface area contributed by atoms with E-state index in [2.05, 4.69) is 30.0 Å². The highest BCUT2D eigenvalue weighted by Crippen LogP contribution is 2.02. The first-order chi connectivity index (χ1) is 4.58. The molecular weight excluding hydrogens is 142 g/mol. The van der Waals surface area contributed by atoms with Crippen molar-refractivity contribution in [3.63, 3.8) is 0 Å². The van der Waals surface area contributed by atoms with E-state index in [-0.39, 0.29) is 0 Å². The zero-order chi connectivity index (χ0) is 7.61. The zero-order valence-electron chi connectivity index (χ0n) is 6.70. The van der Waals surface area contributed by atoms with Gasteiger partial charge in [-0.1, -0.05) is 24.9 Å². The average molecular weight is 155 g/mol. The van der Waals surface area contributed by atoms with E-state index in [0.29, 0.717) is 0 Å². The summed E-state index contributed by atoms with van der Waals surface area (Å²) in [5.41, 5.74) is 0. The Balaban J connectivity index is 2.57. The van der Waals surface area contributed by atoms with Crippen LogP contribution in [0.1, 0.15) is 0 Å². The van der Waals surface area contributed by atoms with E-state index in [0.717, 1.165) is 6.17 Å². The molecule has 0 N–H and O–H groups in total. The molecule has 0 spiro atoms. The van der Waals surface area contributed by atoms with Crippen molar-refractivity contribution in [2.45, 2.75) is 25.8 Å². The summed E-state index contributed by atoms with van der Waals surface area (Å²) in [6, 6.07) is 0. The van der Waals surface area contributed by atoms with Gasteiger partial charge in [0.15, 0.2) is 0 Å². The molecule has 0 saturated carbocycles. The molecule has 10 heavy (non-hydrogen) atoms. The van der Waals surface area contributed by atoms with Crippen LogP contribution in [0.4, 0.5) is 0 Å². The Hall–Kier alpha value is -0.643. The summed E-state index contributed by atoms with van der Waals surface area (Å²) in [4.78, 5) is 0. The van der Waals surface area contributed by atoms with Gasteiger partial charge in [-0.05, 0) is 0 Å². The topological polar surface area (TPSA) is 30.7 Å². The van der Waals surface area contributed by atoms with E-state index in [1.807, 2.05) is 10.9 Å². The summed E-state index contributed by atoms with van der Waals surface area (Å²) in [6.45, 7) is 6.94. The molecule has 1 aromatic rings. The molecule has 0 bridgehead atoms. The second kappa shape index (κ2) is 2.54. The smallest absolute Gasteiger partial charge is 0.0694 e. The van der Waals surface area contributed by atoms with Crippen molar-refractivity contribution < 1.29 is 0 Å². The number of aromatic nitrogens is 3. The lowest BCUT2D eigenvalue weighted by Crippen LogP contribution is -2.28. The van der Waals surface area contributed by atoms with Crippen molar-refractivity contribution >= 4 is 8.07 Å². The van der Waals surface area contributed by atoms with Crippen LogP contribution >= 0.6 is 0 Å². The van der Waals surface area contributed by atoms with Crippen LogP contribution < -0.4 is 0 Å². The largest absolute Gasteiger partial charge is 0.256 e. The molecule has 0 aromatic carbocycles. The first kappa shape index (κ1) is 7.46. The Bertz CT molecular complexity index is 187. The van der Waals surface area contributed by atoms with Crippen LogP contribution in [0.5, 0.6) is 0 Å². The molecule has 0 unspecified atom stereocenters. The molecule has 0 fully saturated rings. The molecule has 4 heteroatoms. The molecule has 0 amide bonds. The minimum atomic E-state index is -1.00. The number of hydrogen-bond acceptors (Lipinski definition) is 2. The maximum absolute atomic E-state index is 3.90.